The number of benzene rings is 1. The van der Waals surface area contributed by atoms with Gasteiger partial charge in [-0.1, -0.05) is 35.3 Å². The van der Waals surface area contributed by atoms with Crippen LogP contribution in [-0.4, -0.2) is 4.98 Å². The molecule has 2 aromatic rings. The third-order valence-electron chi connectivity index (χ3n) is 2.80. The van der Waals surface area contributed by atoms with Gasteiger partial charge in [0.15, 0.2) is 0 Å². The summed E-state index contributed by atoms with van der Waals surface area (Å²) in [5.41, 5.74) is 3.08. The standard InChI is InChI=1S/C14H12Cl3N/c1-9-6-10(2-3-12(9)15)13(16)7-11-4-5-18-8-14(11)17/h2-6,8,13H,7H2,1H3. The van der Waals surface area contributed by atoms with Gasteiger partial charge in [-0.05, 0) is 42.2 Å². The zero-order chi connectivity index (χ0) is 13.1. The number of rotatable bonds is 3. The van der Waals surface area contributed by atoms with Gasteiger partial charge in [-0.3, -0.25) is 4.98 Å². The van der Waals surface area contributed by atoms with Crippen molar-refractivity contribution in [2.45, 2.75) is 18.7 Å². The van der Waals surface area contributed by atoms with Crippen LogP contribution >= 0.6 is 34.8 Å². The third kappa shape index (κ3) is 3.17. The van der Waals surface area contributed by atoms with Gasteiger partial charge in [0.1, 0.15) is 0 Å². The summed E-state index contributed by atoms with van der Waals surface area (Å²) in [5.74, 6) is 0. The highest BCUT2D eigenvalue weighted by atomic mass is 35.5. The molecule has 0 amide bonds. The molecule has 0 radical (unpaired) electrons. The van der Waals surface area contributed by atoms with Gasteiger partial charge in [-0.2, -0.15) is 0 Å². The maximum absolute atomic E-state index is 6.41. The highest BCUT2D eigenvalue weighted by Crippen LogP contribution is 2.29. The van der Waals surface area contributed by atoms with Crippen molar-refractivity contribution in [1.82, 2.24) is 4.98 Å². The highest BCUT2D eigenvalue weighted by molar-refractivity contribution is 6.31. The lowest BCUT2D eigenvalue weighted by molar-refractivity contribution is 0.915. The van der Waals surface area contributed by atoms with E-state index in [0.717, 1.165) is 21.7 Å². The van der Waals surface area contributed by atoms with Crippen molar-refractivity contribution in [2.24, 2.45) is 0 Å². The molecular formula is C14H12Cl3N. The van der Waals surface area contributed by atoms with Crippen molar-refractivity contribution in [2.75, 3.05) is 0 Å². The van der Waals surface area contributed by atoms with Crippen LogP contribution in [0.4, 0.5) is 0 Å². The molecule has 0 aliphatic heterocycles. The van der Waals surface area contributed by atoms with Crippen LogP contribution in [0, 0.1) is 6.92 Å². The Balaban J connectivity index is 2.19. The Hall–Kier alpha value is -0.760. The van der Waals surface area contributed by atoms with Crippen LogP contribution in [0.2, 0.25) is 10.0 Å². The van der Waals surface area contributed by atoms with Crippen molar-refractivity contribution in [3.05, 3.63) is 63.4 Å². The molecule has 18 heavy (non-hydrogen) atoms. The van der Waals surface area contributed by atoms with Crippen molar-refractivity contribution in [1.29, 1.82) is 0 Å². The maximum atomic E-state index is 6.41. The highest BCUT2D eigenvalue weighted by Gasteiger charge is 2.12. The van der Waals surface area contributed by atoms with E-state index in [1.165, 1.54) is 0 Å². The summed E-state index contributed by atoms with van der Waals surface area (Å²) in [7, 11) is 0. The molecule has 1 nitrogen and oxygen atoms in total. The molecule has 94 valence electrons. The molecule has 0 aliphatic rings. The summed E-state index contributed by atoms with van der Waals surface area (Å²) >= 11 is 18.5. The molecule has 0 N–H and O–H groups in total. The number of alkyl halides is 1. The van der Waals surface area contributed by atoms with E-state index in [2.05, 4.69) is 4.98 Å². The molecule has 1 heterocycles. The number of aryl methyl sites for hydroxylation is 1. The Morgan fingerprint density at radius 1 is 1.17 bits per heavy atom. The van der Waals surface area contributed by atoms with Gasteiger partial charge in [0, 0.05) is 17.4 Å². The topological polar surface area (TPSA) is 12.9 Å². The van der Waals surface area contributed by atoms with Gasteiger partial charge in [0.25, 0.3) is 0 Å². The minimum absolute atomic E-state index is 0.124. The van der Waals surface area contributed by atoms with Crippen LogP contribution in [0.5, 0.6) is 0 Å². The van der Waals surface area contributed by atoms with Gasteiger partial charge in [-0.25, -0.2) is 0 Å². The predicted molar refractivity (Wildman–Crippen MR) is 77.7 cm³/mol. The first kappa shape index (κ1) is 13.7. The fraction of sp³-hybridized carbons (Fsp3) is 0.214. The Morgan fingerprint density at radius 3 is 2.61 bits per heavy atom. The SMILES string of the molecule is Cc1cc(C(Cl)Cc2ccncc2Cl)ccc1Cl. The zero-order valence-corrected chi connectivity index (χ0v) is 12.1. The smallest absolute Gasteiger partial charge is 0.0626 e. The average Bonchev–Trinajstić information content (AvgIpc) is 2.35. The van der Waals surface area contributed by atoms with E-state index in [-0.39, 0.29) is 5.38 Å². The van der Waals surface area contributed by atoms with Gasteiger partial charge in [-0.15, -0.1) is 11.6 Å². The largest absolute Gasteiger partial charge is 0.263 e. The Labute approximate surface area is 122 Å². The normalized spacial score (nSPS) is 12.4. The molecule has 1 atom stereocenters. The number of halogens is 3. The minimum atomic E-state index is -0.124. The monoisotopic (exact) mass is 299 g/mol. The molecule has 0 bridgehead atoms. The first-order valence-corrected chi connectivity index (χ1v) is 6.75. The van der Waals surface area contributed by atoms with Crippen LogP contribution in [0.3, 0.4) is 0 Å². The molecular weight excluding hydrogens is 289 g/mol. The quantitative estimate of drug-likeness (QED) is 0.708. The second-order valence-electron chi connectivity index (χ2n) is 4.15. The van der Waals surface area contributed by atoms with Crippen molar-refractivity contribution < 1.29 is 0 Å². The Kier molecular flexibility index (Phi) is 4.50. The summed E-state index contributed by atoms with van der Waals surface area (Å²) in [6.07, 6.45) is 4.02. The Bertz CT molecular complexity index is 554. The molecule has 1 aromatic carbocycles. The first-order valence-electron chi connectivity index (χ1n) is 5.56. The van der Waals surface area contributed by atoms with Crippen LogP contribution < -0.4 is 0 Å². The van der Waals surface area contributed by atoms with E-state index in [9.17, 15) is 0 Å². The molecule has 0 aliphatic carbocycles. The molecule has 2 rings (SSSR count). The first-order chi connectivity index (χ1) is 8.58. The van der Waals surface area contributed by atoms with Gasteiger partial charge in [0.2, 0.25) is 0 Å². The van der Waals surface area contributed by atoms with Crippen molar-refractivity contribution in [3.63, 3.8) is 0 Å². The van der Waals surface area contributed by atoms with E-state index in [1.807, 2.05) is 31.2 Å². The van der Waals surface area contributed by atoms with E-state index >= 15 is 0 Å². The van der Waals surface area contributed by atoms with Crippen LogP contribution in [-0.2, 0) is 6.42 Å². The number of aromatic nitrogens is 1. The lowest BCUT2D eigenvalue weighted by Crippen LogP contribution is -1.97. The van der Waals surface area contributed by atoms with Gasteiger partial charge >= 0.3 is 0 Å². The molecule has 0 saturated heterocycles. The fourth-order valence-electron chi connectivity index (χ4n) is 1.74. The number of pyridine rings is 1. The van der Waals surface area contributed by atoms with E-state index < -0.39 is 0 Å². The average molecular weight is 301 g/mol. The van der Waals surface area contributed by atoms with E-state index in [4.69, 9.17) is 34.8 Å². The molecule has 4 heteroatoms. The fourth-order valence-corrected chi connectivity index (χ4v) is 2.36. The second kappa shape index (κ2) is 5.92. The number of hydrogen-bond acceptors (Lipinski definition) is 1. The lowest BCUT2D eigenvalue weighted by atomic mass is 10.0. The van der Waals surface area contributed by atoms with Crippen molar-refractivity contribution in [3.8, 4) is 0 Å². The van der Waals surface area contributed by atoms with Gasteiger partial charge < -0.3 is 0 Å². The molecule has 1 unspecified atom stereocenters. The molecule has 1 aromatic heterocycles. The number of hydrogen-bond donors (Lipinski definition) is 0. The minimum Gasteiger partial charge on any atom is -0.263 e. The van der Waals surface area contributed by atoms with E-state index in [1.54, 1.807) is 12.4 Å². The predicted octanol–water partition coefficient (Wildman–Crippen LogP) is 5.22. The number of nitrogens with zero attached hydrogens (tertiary/aromatic N) is 1. The zero-order valence-electron chi connectivity index (χ0n) is 9.83. The molecule has 0 fully saturated rings. The van der Waals surface area contributed by atoms with Crippen LogP contribution in [0.15, 0.2) is 36.7 Å². The third-order valence-corrected chi connectivity index (χ3v) is 3.97. The van der Waals surface area contributed by atoms with Crippen LogP contribution in [0.25, 0.3) is 0 Å². The summed E-state index contributed by atoms with van der Waals surface area (Å²) in [5, 5.41) is 1.28. The van der Waals surface area contributed by atoms with Crippen LogP contribution in [0.1, 0.15) is 22.1 Å². The van der Waals surface area contributed by atoms with Crippen molar-refractivity contribution >= 4 is 34.8 Å². The second-order valence-corrected chi connectivity index (χ2v) is 5.49. The molecule has 0 saturated carbocycles. The summed E-state index contributed by atoms with van der Waals surface area (Å²) in [6, 6.07) is 7.72. The summed E-state index contributed by atoms with van der Waals surface area (Å²) in [6.45, 7) is 1.97. The summed E-state index contributed by atoms with van der Waals surface area (Å²) < 4.78 is 0. The lowest BCUT2D eigenvalue weighted by Gasteiger charge is -2.12. The maximum Gasteiger partial charge on any atom is 0.0626 e. The van der Waals surface area contributed by atoms with E-state index in [0.29, 0.717) is 11.4 Å². The Morgan fingerprint density at radius 2 is 1.94 bits per heavy atom. The summed E-state index contributed by atoms with van der Waals surface area (Å²) in [4.78, 5) is 3.96. The van der Waals surface area contributed by atoms with Gasteiger partial charge in [0.05, 0.1) is 10.4 Å². The molecule has 0 spiro atoms.